The molecule has 0 aliphatic heterocycles. The third-order valence-electron chi connectivity index (χ3n) is 3.54. The molecule has 2 aromatic rings. The van der Waals surface area contributed by atoms with Crippen molar-refractivity contribution >= 4 is 34.9 Å². The standard InChI is InChI=1S/C16H23N5O2S2/c1-4-17-13(22)10-20(5-2)14(23)11-25-16-19-18-15(21(16)6-3)12-8-7-9-24-12/h7-9H,4-6,10-11H2,1-3H3,(H,17,22). The molecule has 0 aromatic carbocycles. The first-order valence-corrected chi connectivity index (χ1v) is 10.1. The predicted octanol–water partition coefficient (Wildman–Crippen LogP) is 2.10. The van der Waals surface area contributed by atoms with Crippen molar-refractivity contribution < 1.29 is 9.59 Å². The molecule has 7 nitrogen and oxygen atoms in total. The van der Waals surface area contributed by atoms with E-state index >= 15 is 0 Å². The van der Waals surface area contributed by atoms with Crippen LogP contribution in [0.3, 0.4) is 0 Å². The second-order valence-electron chi connectivity index (χ2n) is 5.18. The van der Waals surface area contributed by atoms with Crippen molar-refractivity contribution in [2.24, 2.45) is 0 Å². The van der Waals surface area contributed by atoms with E-state index in [2.05, 4.69) is 15.5 Å². The Bertz CT molecular complexity index is 699. The summed E-state index contributed by atoms with van der Waals surface area (Å²) in [6.07, 6.45) is 0. The van der Waals surface area contributed by atoms with E-state index in [0.29, 0.717) is 18.2 Å². The molecule has 2 aromatic heterocycles. The van der Waals surface area contributed by atoms with Crippen LogP contribution < -0.4 is 5.32 Å². The lowest BCUT2D eigenvalue weighted by Crippen LogP contribution is -2.41. The average Bonchev–Trinajstić information content (AvgIpc) is 3.26. The summed E-state index contributed by atoms with van der Waals surface area (Å²) in [5, 5.41) is 13.9. The molecule has 0 radical (unpaired) electrons. The summed E-state index contributed by atoms with van der Waals surface area (Å²) in [7, 11) is 0. The van der Waals surface area contributed by atoms with Gasteiger partial charge in [0.1, 0.15) is 0 Å². The smallest absolute Gasteiger partial charge is 0.239 e. The van der Waals surface area contributed by atoms with Crippen LogP contribution in [0, 0.1) is 0 Å². The van der Waals surface area contributed by atoms with Gasteiger partial charge in [-0.05, 0) is 32.2 Å². The molecule has 0 saturated carbocycles. The maximum Gasteiger partial charge on any atom is 0.239 e. The molecule has 0 saturated heterocycles. The quantitative estimate of drug-likeness (QED) is 0.673. The number of carbonyl (C=O) groups is 2. The van der Waals surface area contributed by atoms with Crippen LogP contribution in [0.25, 0.3) is 10.7 Å². The van der Waals surface area contributed by atoms with Gasteiger partial charge in [-0.25, -0.2) is 0 Å². The number of nitrogens with zero attached hydrogens (tertiary/aromatic N) is 4. The minimum atomic E-state index is -0.139. The van der Waals surface area contributed by atoms with Crippen LogP contribution in [0.4, 0.5) is 0 Å². The second kappa shape index (κ2) is 9.57. The normalized spacial score (nSPS) is 10.7. The SMILES string of the molecule is CCNC(=O)CN(CC)C(=O)CSc1nnc(-c2cccs2)n1CC. The Balaban J connectivity index is 2.00. The van der Waals surface area contributed by atoms with Crippen molar-refractivity contribution in [1.29, 1.82) is 0 Å². The Labute approximate surface area is 155 Å². The molecule has 0 atom stereocenters. The van der Waals surface area contributed by atoms with Crippen molar-refractivity contribution in [3.05, 3.63) is 17.5 Å². The molecule has 0 bridgehead atoms. The number of thioether (sulfide) groups is 1. The van der Waals surface area contributed by atoms with Gasteiger partial charge in [-0.1, -0.05) is 17.8 Å². The number of likely N-dealkylation sites (N-methyl/N-ethyl adjacent to an activating group) is 2. The highest BCUT2D eigenvalue weighted by molar-refractivity contribution is 7.99. The zero-order valence-electron chi connectivity index (χ0n) is 14.7. The van der Waals surface area contributed by atoms with Gasteiger partial charge in [-0.15, -0.1) is 21.5 Å². The number of rotatable bonds is 9. The molecule has 0 fully saturated rings. The summed E-state index contributed by atoms with van der Waals surface area (Å²) in [4.78, 5) is 26.7. The minimum absolute atomic E-state index is 0.0814. The largest absolute Gasteiger partial charge is 0.355 e. The van der Waals surface area contributed by atoms with E-state index in [0.717, 1.165) is 17.2 Å². The van der Waals surface area contributed by atoms with Gasteiger partial charge in [0.2, 0.25) is 11.8 Å². The van der Waals surface area contributed by atoms with Crippen LogP contribution in [-0.2, 0) is 16.1 Å². The predicted molar refractivity (Wildman–Crippen MR) is 101 cm³/mol. The Kier molecular flexibility index (Phi) is 7.45. The molecule has 9 heteroatoms. The average molecular weight is 382 g/mol. The number of nitrogens with one attached hydrogen (secondary N) is 1. The van der Waals surface area contributed by atoms with E-state index < -0.39 is 0 Å². The van der Waals surface area contributed by atoms with Crippen LogP contribution in [0.5, 0.6) is 0 Å². The molecule has 1 N–H and O–H groups in total. The van der Waals surface area contributed by atoms with Gasteiger partial charge in [0.15, 0.2) is 11.0 Å². The Hall–Kier alpha value is -1.87. The maximum atomic E-state index is 12.4. The number of carbonyl (C=O) groups excluding carboxylic acids is 2. The second-order valence-corrected chi connectivity index (χ2v) is 7.07. The molecule has 2 rings (SSSR count). The summed E-state index contributed by atoms with van der Waals surface area (Å²) in [6.45, 7) is 7.62. The molecule has 0 aliphatic carbocycles. The lowest BCUT2D eigenvalue weighted by atomic mass is 10.4. The molecule has 25 heavy (non-hydrogen) atoms. The van der Waals surface area contributed by atoms with Crippen molar-refractivity contribution in [2.75, 3.05) is 25.4 Å². The van der Waals surface area contributed by atoms with Crippen LogP contribution in [0.1, 0.15) is 20.8 Å². The van der Waals surface area contributed by atoms with Gasteiger partial charge in [-0.3, -0.25) is 9.59 Å². The highest BCUT2D eigenvalue weighted by Gasteiger charge is 2.18. The first-order chi connectivity index (χ1) is 12.1. The third-order valence-corrected chi connectivity index (χ3v) is 5.36. The first-order valence-electron chi connectivity index (χ1n) is 8.24. The van der Waals surface area contributed by atoms with Gasteiger partial charge in [0.25, 0.3) is 0 Å². The molecule has 0 aliphatic rings. The molecular formula is C16H23N5O2S2. The Morgan fingerprint density at radius 1 is 1.32 bits per heavy atom. The van der Waals surface area contributed by atoms with E-state index in [1.165, 1.54) is 11.8 Å². The Morgan fingerprint density at radius 3 is 2.72 bits per heavy atom. The lowest BCUT2D eigenvalue weighted by molar-refractivity contribution is -0.133. The first kappa shape index (κ1) is 19.5. The fourth-order valence-corrected chi connectivity index (χ4v) is 3.91. The van der Waals surface area contributed by atoms with Crippen molar-refractivity contribution in [1.82, 2.24) is 25.0 Å². The number of thiophene rings is 1. The van der Waals surface area contributed by atoms with E-state index in [4.69, 9.17) is 0 Å². The Morgan fingerprint density at radius 2 is 2.12 bits per heavy atom. The number of hydrogen-bond donors (Lipinski definition) is 1. The summed E-state index contributed by atoms with van der Waals surface area (Å²) >= 11 is 2.96. The summed E-state index contributed by atoms with van der Waals surface area (Å²) < 4.78 is 2.00. The van der Waals surface area contributed by atoms with Crippen molar-refractivity contribution in [3.8, 4) is 10.7 Å². The van der Waals surface area contributed by atoms with Crippen LogP contribution >= 0.6 is 23.1 Å². The molecular weight excluding hydrogens is 358 g/mol. The molecule has 136 valence electrons. The summed E-state index contributed by atoms with van der Waals surface area (Å²) in [5.41, 5.74) is 0. The number of hydrogen-bond acceptors (Lipinski definition) is 6. The van der Waals surface area contributed by atoms with Crippen LogP contribution in [0.2, 0.25) is 0 Å². The topological polar surface area (TPSA) is 80.1 Å². The molecule has 0 unspecified atom stereocenters. The summed E-state index contributed by atoms with van der Waals surface area (Å²) in [5.74, 6) is 0.833. The fraction of sp³-hybridized carbons (Fsp3) is 0.500. The van der Waals surface area contributed by atoms with E-state index in [9.17, 15) is 9.59 Å². The summed E-state index contributed by atoms with van der Waals surface area (Å²) in [6, 6.07) is 3.98. The van der Waals surface area contributed by atoms with Gasteiger partial charge >= 0.3 is 0 Å². The van der Waals surface area contributed by atoms with E-state index in [-0.39, 0.29) is 24.1 Å². The zero-order valence-corrected chi connectivity index (χ0v) is 16.3. The molecule has 2 heterocycles. The zero-order chi connectivity index (χ0) is 18.2. The third kappa shape index (κ3) is 5.05. The highest BCUT2D eigenvalue weighted by Crippen LogP contribution is 2.27. The van der Waals surface area contributed by atoms with Crippen LogP contribution in [0.15, 0.2) is 22.7 Å². The molecule has 0 spiro atoms. The van der Waals surface area contributed by atoms with E-state index in [1.807, 2.05) is 42.9 Å². The van der Waals surface area contributed by atoms with Crippen molar-refractivity contribution in [2.45, 2.75) is 32.5 Å². The lowest BCUT2D eigenvalue weighted by Gasteiger charge is -2.19. The van der Waals surface area contributed by atoms with Gasteiger partial charge in [-0.2, -0.15) is 0 Å². The highest BCUT2D eigenvalue weighted by atomic mass is 32.2. The van der Waals surface area contributed by atoms with Gasteiger partial charge in [0, 0.05) is 19.6 Å². The van der Waals surface area contributed by atoms with Crippen LogP contribution in [-0.4, -0.2) is 56.9 Å². The monoisotopic (exact) mass is 381 g/mol. The number of amides is 2. The van der Waals surface area contributed by atoms with Gasteiger partial charge < -0.3 is 14.8 Å². The maximum absolute atomic E-state index is 12.4. The molecule has 2 amide bonds. The number of aromatic nitrogens is 3. The van der Waals surface area contributed by atoms with Crippen molar-refractivity contribution in [3.63, 3.8) is 0 Å². The fourth-order valence-electron chi connectivity index (χ4n) is 2.29. The van der Waals surface area contributed by atoms with Gasteiger partial charge in [0.05, 0.1) is 17.2 Å². The minimum Gasteiger partial charge on any atom is -0.355 e. The van der Waals surface area contributed by atoms with E-state index in [1.54, 1.807) is 16.2 Å².